The van der Waals surface area contributed by atoms with Crippen molar-refractivity contribution in [3.8, 4) is 0 Å². The zero-order valence-electron chi connectivity index (χ0n) is 16.2. The molecular formula is C22H25N3O3. The number of carbonyl (C=O) groups excluding carboxylic acids is 3. The predicted molar refractivity (Wildman–Crippen MR) is 109 cm³/mol. The molecule has 1 aliphatic heterocycles. The van der Waals surface area contributed by atoms with Crippen LogP contribution in [0.5, 0.6) is 0 Å². The largest absolute Gasteiger partial charge is 0.350 e. The minimum absolute atomic E-state index is 0.0201. The van der Waals surface area contributed by atoms with Crippen molar-refractivity contribution in [2.45, 2.75) is 45.6 Å². The molecule has 6 heteroatoms. The number of nitrogens with one attached hydrogen (secondary N) is 3. The van der Waals surface area contributed by atoms with E-state index in [0.717, 1.165) is 23.2 Å². The molecule has 2 aromatic rings. The van der Waals surface area contributed by atoms with Crippen molar-refractivity contribution < 1.29 is 14.4 Å². The summed E-state index contributed by atoms with van der Waals surface area (Å²) in [5.41, 5.74) is 3.98. The van der Waals surface area contributed by atoms with E-state index in [-0.39, 0.29) is 23.8 Å². The van der Waals surface area contributed by atoms with E-state index in [1.807, 2.05) is 32.0 Å². The van der Waals surface area contributed by atoms with Gasteiger partial charge >= 0.3 is 0 Å². The lowest BCUT2D eigenvalue weighted by atomic mass is 10.0. The van der Waals surface area contributed by atoms with Crippen molar-refractivity contribution in [2.75, 3.05) is 10.6 Å². The molecule has 146 valence electrons. The summed E-state index contributed by atoms with van der Waals surface area (Å²) >= 11 is 0. The molecule has 0 bridgehead atoms. The zero-order chi connectivity index (χ0) is 20.1. The highest BCUT2D eigenvalue weighted by Gasteiger charge is 2.17. The molecule has 6 nitrogen and oxygen atoms in total. The van der Waals surface area contributed by atoms with Gasteiger partial charge in [0.05, 0.1) is 17.7 Å². The molecule has 3 rings (SSSR count). The summed E-state index contributed by atoms with van der Waals surface area (Å²) in [5, 5.41) is 8.50. The lowest BCUT2D eigenvalue weighted by molar-refractivity contribution is -0.116. The third-order valence-electron chi connectivity index (χ3n) is 4.53. The maximum absolute atomic E-state index is 12.3. The number of fused-ring (bicyclic) bond motifs is 1. The summed E-state index contributed by atoms with van der Waals surface area (Å²) in [6, 6.07) is 12.9. The van der Waals surface area contributed by atoms with Crippen molar-refractivity contribution in [1.82, 2.24) is 5.32 Å². The van der Waals surface area contributed by atoms with Gasteiger partial charge in [-0.05, 0) is 56.0 Å². The topological polar surface area (TPSA) is 87.3 Å². The van der Waals surface area contributed by atoms with Gasteiger partial charge < -0.3 is 16.0 Å². The molecule has 2 aromatic carbocycles. The lowest BCUT2D eigenvalue weighted by Gasteiger charge is -2.13. The van der Waals surface area contributed by atoms with Crippen LogP contribution < -0.4 is 16.0 Å². The van der Waals surface area contributed by atoms with Crippen molar-refractivity contribution in [3.63, 3.8) is 0 Å². The third-order valence-corrected chi connectivity index (χ3v) is 4.53. The van der Waals surface area contributed by atoms with Gasteiger partial charge in [-0.3, -0.25) is 14.4 Å². The van der Waals surface area contributed by atoms with Crippen LogP contribution in [0.4, 0.5) is 11.4 Å². The number of para-hydroxylation sites is 1. The van der Waals surface area contributed by atoms with Gasteiger partial charge in [0.2, 0.25) is 11.8 Å². The Labute approximate surface area is 164 Å². The number of anilines is 2. The molecule has 0 fully saturated rings. The van der Waals surface area contributed by atoms with Crippen LogP contribution >= 0.6 is 0 Å². The van der Waals surface area contributed by atoms with Crippen molar-refractivity contribution in [1.29, 1.82) is 0 Å². The number of aryl methyl sites for hydroxylation is 1. The van der Waals surface area contributed by atoms with Gasteiger partial charge in [-0.15, -0.1) is 0 Å². The number of rotatable bonds is 7. The Morgan fingerprint density at radius 2 is 1.93 bits per heavy atom. The minimum atomic E-state index is -0.202. The first-order valence-corrected chi connectivity index (χ1v) is 9.54. The summed E-state index contributed by atoms with van der Waals surface area (Å²) in [6.07, 6.45) is 2.21. The average molecular weight is 379 g/mol. The summed E-state index contributed by atoms with van der Waals surface area (Å²) in [6.45, 7) is 3.79. The first-order chi connectivity index (χ1) is 13.4. The molecule has 28 heavy (non-hydrogen) atoms. The van der Waals surface area contributed by atoms with Crippen LogP contribution in [-0.4, -0.2) is 23.8 Å². The molecule has 0 spiro atoms. The predicted octanol–water partition coefficient (Wildman–Crippen LogP) is 3.28. The number of carbonyl (C=O) groups is 3. The number of benzene rings is 2. The van der Waals surface area contributed by atoms with Gasteiger partial charge in [0.15, 0.2) is 0 Å². The maximum Gasteiger partial charge on any atom is 0.253 e. The van der Waals surface area contributed by atoms with Crippen LogP contribution in [0, 0.1) is 0 Å². The molecule has 0 aliphatic carbocycles. The van der Waals surface area contributed by atoms with Gasteiger partial charge in [-0.25, -0.2) is 0 Å². The van der Waals surface area contributed by atoms with E-state index in [4.69, 9.17) is 0 Å². The first-order valence-electron chi connectivity index (χ1n) is 9.54. The molecule has 0 saturated heterocycles. The van der Waals surface area contributed by atoms with E-state index < -0.39 is 0 Å². The van der Waals surface area contributed by atoms with Crippen LogP contribution in [0.3, 0.4) is 0 Å². The molecule has 0 atom stereocenters. The lowest BCUT2D eigenvalue weighted by Crippen LogP contribution is -2.31. The monoisotopic (exact) mass is 379 g/mol. The van der Waals surface area contributed by atoms with E-state index >= 15 is 0 Å². The Balaban J connectivity index is 1.53. The Kier molecular flexibility index (Phi) is 6.09. The zero-order valence-corrected chi connectivity index (χ0v) is 16.2. The van der Waals surface area contributed by atoms with Crippen LogP contribution in [0.25, 0.3) is 0 Å². The van der Waals surface area contributed by atoms with E-state index in [9.17, 15) is 14.4 Å². The highest BCUT2D eigenvalue weighted by Crippen LogP contribution is 2.24. The molecule has 0 unspecified atom stereocenters. The second-order valence-electron chi connectivity index (χ2n) is 7.29. The molecule has 0 aromatic heterocycles. The molecule has 0 radical (unpaired) electrons. The Morgan fingerprint density at radius 3 is 2.71 bits per heavy atom. The van der Waals surface area contributed by atoms with Crippen LogP contribution in [0.15, 0.2) is 42.5 Å². The van der Waals surface area contributed by atoms with E-state index in [1.165, 1.54) is 0 Å². The van der Waals surface area contributed by atoms with Crippen molar-refractivity contribution >= 4 is 29.1 Å². The Bertz CT molecular complexity index is 906. The van der Waals surface area contributed by atoms with Gasteiger partial charge in [0.25, 0.3) is 5.91 Å². The average Bonchev–Trinajstić information content (AvgIpc) is 3.01. The molecular weight excluding hydrogens is 354 g/mol. The Morgan fingerprint density at radius 1 is 1.14 bits per heavy atom. The van der Waals surface area contributed by atoms with E-state index in [0.29, 0.717) is 30.5 Å². The summed E-state index contributed by atoms with van der Waals surface area (Å²) in [5.74, 6) is -0.304. The summed E-state index contributed by atoms with van der Waals surface area (Å²) in [4.78, 5) is 36.0. The standard InChI is InChI=1S/C22H25N3O3/c1-14(2)23-22(28)17-7-3-4-8-19(17)25-20(26)9-5-6-15-10-11-18-16(12-15)13-21(27)24-18/h3-4,7-8,10-12,14H,5-6,9,13H2,1-2H3,(H,23,28)(H,24,27)(H,25,26). The highest BCUT2D eigenvalue weighted by molar-refractivity contribution is 6.03. The summed E-state index contributed by atoms with van der Waals surface area (Å²) < 4.78 is 0. The number of hydrogen-bond donors (Lipinski definition) is 3. The molecule has 1 aliphatic rings. The van der Waals surface area contributed by atoms with Gasteiger partial charge in [0, 0.05) is 18.2 Å². The SMILES string of the molecule is CC(C)NC(=O)c1ccccc1NC(=O)CCCc1ccc2c(c1)CC(=O)N2. The fourth-order valence-electron chi connectivity index (χ4n) is 3.23. The molecule has 3 amide bonds. The molecule has 1 heterocycles. The first kappa shape index (κ1) is 19.6. The second-order valence-corrected chi connectivity index (χ2v) is 7.29. The number of amides is 3. The molecule has 3 N–H and O–H groups in total. The van der Waals surface area contributed by atoms with Crippen LogP contribution in [-0.2, 0) is 22.4 Å². The quantitative estimate of drug-likeness (QED) is 0.690. The minimum Gasteiger partial charge on any atom is -0.350 e. The van der Waals surface area contributed by atoms with E-state index in [1.54, 1.807) is 24.3 Å². The van der Waals surface area contributed by atoms with Gasteiger partial charge in [-0.1, -0.05) is 24.3 Å². The summed E-state index contributed by atoms with van der Waals surface area (Å²) in [7, 11) is 0. The van der Waals surface area contributed by atoms with E-state index in [2.05, 4.69) is 16.0 Å². The highest BCUT2D eigenvalue weighted by atomic mass is 16.2. The van der Waals surface area contributed by atoms with Gasteiger partial charge in [0.1, 0.15) is 0 Å². The van der Waals surface area contributed by atoms with Crippen LogP contribution in [0.2, 0.25) is 0 Å². The van der Waals surface area contributed by atoms with Crippen molar-refractivity contribution in [2.24, 2.45) is 0 Å². The third kappa shape index (κ3) is 4.97. The smallest absolute Gasteiger partial charge is 0.253 e. The molecule has 0 saturated carbocycles. The number of hydrogen-bond acceptors (Lipinski definition) is 3. The fraction of sp³-hybridized carbons (Fsp3) is 0.318. The second kappa shape index (κ2) is 8.69. The normalized spacial score (nSPS) is 12.5. The van der Waals surface area contributed by atoms with Crippen molar-refractivity contribution in [3.05, 3.63) is 59.2 Å². The van der Waals surface area contributed by atoms with Crippen LogP contribution in [0.1, 0.15) is 48.2 Å². The maximum atomic E-state index is 12.3. The fourth-order valence-corrected chi connectivity index (χ4v) is 3.23. The Hall–Kier alpha value is -3.15. The van der Waals surface area contributed by atoms with Gasteiger partial charge in [-0.2, -0.15) is 0 Å².